The van der Waals surface area contributed by atoms with Crippen LogP contribution in [0.2, 0.25) is 12.6 Å². The van der Waals surface area contributed by atoms with Crippen molar-refractivity contribution in [3.63, 3.8) is 0 Å². The molecule has 0 N–H and O–H groups in total. The third-order valence-corrected chi connectivity index (χ3v) is 3.45. The Morgan fingerprint density at radius 1 is 1.71 bits per heavy atom. The van der Waals surface area contributed by atoms with Crippen LogP contribution in [0.15, 0.2) is 12.7 Å². The van der Waals surface area contributed by atoms with Gasteiger partial charge in [-0.3, -0.25) is 0 Å². The molecular weight excluding hydrogens is 236 g/mol. The van der Waals surface area contributed by atoms with Crippen molar-refractivity contribution in [2.75, 3.05) is 0 Å². The predicted octanol–water partition coefficient (Wildman–Crippen LogP) is 3.03. The lowest BCUT2D eigenvalue weighted by Crippen LogP contribution is -2.07. The molecule has 0 aliphatic rings. The predicted molar refractivity (Wildman–Crippen MR) is 44.5 cm³/mol. The van der Waals surface area contributed by atoms with Crippen LogP contribution in [0.5, 0.6) is 0 Å². The summed E-state index contributed by atoms with van der Waals surface area (Å²) >= 11 is 7.05. The molecule has 0 spiro atoms. The van der Waals surface area contributed by atoms with E-state index in [1.165, 1.54) is 0 Å². The molecule has 0 saturated carbocycles. The number of rotatable bonds is 2. The molecule has 0 aromatic heterocycles. The Kier molecular flexibility index (Phi) is 3.44. The summed E-state index contributed by atoms with van der Waals surface area (Å²) in [6.45, 7) is 5.80. The summed E-state index contributed by atoms with van der Waals surface area (Å²) in [5.41, 5.74) is 0. The van der Waals surface area contributed by atoms with Gasteiger partial charge in [0.25, 0.3) is 0 Å². The lowest BCUT2D eigenvalue weighted by atomic mass is 10.8. The highest BCUT2D eigenvalue weighted by Crippen LogP contribution is 2.24. The molecule has 3 heteroatoms. The van der Waals surface area contributed by atoms with Gasteiger partial charge >= 0.3 is 0 Å². The van der Waals surface area contributed by atoms with E-state index in [4.69, 9.17) is 0 Å². The van der Waals surface area contributed by atoms with E-state index in [0.717, 1.165) is 6.04 Å². The highest BCUT2D eigenvalue weighted by atomic mass is 79.9. The minimum atomic E-state index is -1.15. The summed E-state index contributed by atoms with van der Waals surface area (Å²) in [6.07, 6.45) is 1.93. The van der Waals surface area contributed by atoms with E-state index in [-0.39, 0.29) is 0 Å². The Labute approximate surface area is 61.2 Å². The monoisotopic (exact) mass is 242 g/mol. The molecule has 0 rings (SSSR count). The van der Waals surface area contributed by atoms with E-state index in [2.05, 4.69) is 43.7 Å². The van der Waals surface area contributed by atoms with Crippen molar-refractivity contribution < 1.29 is 0 Å². The molecule has 0 fully saturated rings. The summed E-state index contributed by atoms with van der Waals surface area (Å²) in [6, 6.07) is 1.08. The van der Waals surface area contributed by atoms with Gasteiger partial charge in [0.15, 0.2) is 0 Å². The number of hydrogen-bond acceptors (Lipinski definition) is 0. The van der Waals surface area contributed by atoms with Crippen LogP contribution in [0, 0.1) is 0 Å². The molecule has 0 heterocycles. The van der Waals surface area contributed by atoms with Gasteiger partial charge in [-0.05, 0) is 12.6 Å². The van der Waals surface area contributed by atoms with E-state index in [1.807, 2.05) is 6.08 Å². The minimum absolute atomic E-state index is 1.08. The molecule has 0 radical (unpaired) electrons. The molecule has 0 aromatic rings. The summed E-state index contributed by atoms with van der Waals surface area (Å²) in [7, 11) is 0. The van der Waals surface area contributed by atoms with Crippen LogP contribution in [0.1, 0.15) is 0 Å². The first-order chi connectivity index (χ1) is 3.06. The third-order valence-electron chi connectivity index (χ3n) is 0.503. The molecule has 7 heavy (non-hydrogen) atoms. The van der Waals surface area contributed by atoms with Crippen molar-refractivity contribution in [2.45, 2.75) is 12.6 Å². The van der Waals surface area contributed by atoms with E-state index in [1.54, 1.807) is 0 Å². The Morgan fingerprint density at radius 2 is 2.14 bits per heavy atom. The van der Waals surface area contributed by atoms with E-state index >= 15 is 0 Å². The van der Waals surface area contributed by atoms with E-state index < -0.39 is 5.31 Å². The van der Waals surface area contributed by atoms with Gasteiger partial charge in [0.1, 0.15) is 0 Å². The third kappa shape index (κ3) is 6.92. The summed E-state index contributed by atoms with van der Waals surface area (Å²) < 4.78 is 0. The lowest BCUT2D eigenvalue weighted by Gasteiger charge is -2.04. The largest absolute Gasteiger partial charge is 0.201 e. The summed E-state index contributed by atoms with van der Waals surface area (Å²) in [4.78, 5) is 0. The van der Waals surface area contributed by atoms with Crippen LogP contribution in [-0.4, -0.2) is 5.31 Å². The fourth-order valence-corrected chi connectivity index (χ4v) is 2.13. The van der Waals surface area contributed by atoms with Crippen LogP contribution in [0.25, 0.3) is 0 Å². The van der Waals surface area contributed by atoms with Gasteiger partial charge in [-0.25, -0.2) is 0 Å². The molecular formula is C4H8Br2Si. The highest BCUT2D eigenvalue weighted by Gasteiger charge is 2.15. The number of halogens is 2. The zero-order chi connectivity index (χ0) is 5.91. The Morgan fingerprint density at radius 3 is 2.14 bits per heavy atom. The maximum Gasteiger partial charge on any atom is 0.201 e. The maximum absolute atomic E-state index is 3.62. The van der Waals surface area contributed by atoms with Gasteiger partial charge in [0, 0.05) is 0 Å². The standard InChI is InChI=1S/C4H8Br2Si/c1-3-4-7(2,5)6/h3H,1,4H2,2H3. The van der Waals surface area contributed by atoms with Gasteiger partial charge < -0.3 is 0 Å². The topological polar surface area (TPSA) is 0 Å². The fourth-order valence-electron chi connectivity index (χ4n) is 0.253. The Balaban J connectivity index is 3.34. The highest BCUT2D eigenvalue weighted by molar-refractivity contribution is 9.51. The molecule has 0 aliphatic carbocycles. The second-order valence-corrected chi connectivity index (χ2v) is 17.8. The minimum Gasteiger partial charge on any atom is -0.111 e. The van der Waals surface area contributed by atoms with Crippen molar-refractivity contribution >= 4 is 35.9 Å². The maximum atomic E-state index is 3.62. The lowest BCUT2D eigenvalue weighted by molar-refractivity contribution is 1.69. The van der Waals surface area contributed by atoms with Crippen molar-refractivity contribution in [3.8, 4) is 0 Å². The first-order valence-electron chi connectivity index (χ1n) is 2.05. The second kappa shape index (κ2) is 3.05. The van der Waals surface area contributed by atoms with Gasteiger partial charge in [-0.15, -0.1) is 37.2 Å². The molecule has 0 atom stereocenters. The Bertz CT molecular complexity index is 64.6. The van der Waals surface area contributed by atoms with E-state index in [0.29, 0.717) is 0 Å². The Hall–Kier alpha value is 0.917. The summed E-state index contributed by atoms with van der Waals surface area (Å²) in [5.74, 6) is 0. The summed E-state index contributed by atoms with van der Waals surface area (Å²) in [5, 5.41) is -1.15. The van der Waals surface area contributed by atoms with Gasteiger partial charge in [-0.2, -0.15) is 0 Å². The quantitative estimate of drug-likeness (QED) is 0.398. The van der Waals surface area contributed by atoms with Gasteiger partial charge in [-0.1, -0.05) is 6.08 Å². The average Bonchev–Trinajstić information content (AvgIpc) is 1.30. The van der Waals surface area contributed by atoms with Gasteiger partial charge in [0.05, 0.1) is 0 Å². The zero-order valence-corrected chi connectivity index (χ0v) is 8.42. The molecule has 0 aliphatic heterocycles. The molecule has 0 unspecified atom stereocenters. The van der Waals surface area contributed by atoms with Crippen molar-refractivity contribution in [2.24, 2.45) is 0 Å². The van der Waals surface area contributed by atoms with Crippen LogP contribution >= 0.6 is 30.6 Å². The molecule has 42 valence electrons. The van der Waals surface area contributed by atoms with Crippen molar-refractivity contribution in [3.05, 3.63) is 12.7 Å². The number of allylic oxidation sites excluding steroid dienone is 1. The average molecular weight is 244 g/mol. The second-order valence-electron chi connectivity index (χ2n) is 1.56. The smallest absolute Gasteiger partial charge is 0.111 e. The first-order valence-corrected chi connectivity index (χ1v) is 9.27. The van der Waals surface area contributed by atoms with Crippen molar-refractivity contribution in [1.82, 2.24) is 0 Å². The fraction of sp³-hybridized carbons (Fsp3) is 0.500. The molecule has 0 bridgehead atoms. The van der Waals surface area contributed by atoms with Crippen LogP contribution in [0.3, 0.4) is 0 Å². The number of hydrogen-bond donors (Lipinski definition) is 0. The molecule has 0 saturated heterocycles. The van der Waals surface area contributed by atoms with Crippen LogP contribution in [-0.2, 0) is 0 Å². The normalized spacial score (nSPS) is 11.3. The first kappa shape index (κ1) is 7.92. The molecule has 0 amide bonds. The van der Waals surface area contributed by atoms with Gasteiger partial charge in [0.2, 0.25) is 5.31 Å². The van der Waals surface area contributed by atoms with Crippen LogP contribution < -0.4 is 0 Å². The van der Waals surface area contributed by atoms with E-state index in [9.17, 15) is 0 Å². The SMILES string of the molecule is C=CC[Si](C)(Br)Br. The molecule has 0 nitrogen and oxygen atoms in total. The molecule has 0 aromatic carbocycles. The van der Waals surface area contributed by atoms with Crippen LogP contribution in [0.4, 0.5) is 0 Å². The van der Waals surface area contributed by atoms with Crippen molar-refractivity contribution in [1.29, 1.82) is 0 Å². The zero-order valence-electron chi connectivity index (χ0n) is 4.25.